The van der Waals surface area contributed by atoms with Gasteiger partial charge in [-0.15, -0.1) is 10.2 Å². The Labute approximate surface area is 220 Å². The quantitative estimate of drug-likeness (QED) is 0.542. The Morgan fingerprint density at radius 2 is 2.05 bits per heavy atom. The van der Waals surface area contributed by atoms with Gasteiger partial charge in [0.25, 0.3) is 0 Å². The van der Waals surface area contributed by atoms with Gasteiger partial charge in [0.05, 0.1) is 37.0 Å². The van der Waals surface area contributed by atoms with E-state index < -0.39 is 5.82 Å². The number of hydrogen-bond acceptors (Lipinski definition) is 7. The lowest BCUT2D eigenvalue weighted by molar-refractivity contribution is 0.247. The summed E-state index contributed by atoms with van der Waals surface area (Å²) in [5.74, 6) is 2.61. The third kappa shape index (κ3) is 4.69. The van der Waals surface area contributed by atoms with Crippen molar-refractivity contribution in [2.75, 3.05) is 38.2 Å². The Balaban J connectivity index is 1.29. The third-order valence-electron chi connectivity index (χ3n) is 7.55. The topological polar surface area (TPSA) is 83.1 Å². The van der Waals surface area contributed by atoms with Crippen molar-refractivity contribution in [3.8, 4) is 11.8 Å². The van der Waals surface area contributed by atoms with E-state index in [1.165, 1.54) is 19.4 Å². The second kappa shape index (κ2) is 9.46. The first-order valence-electron chi connectivity index (χ1n) is 12.5. The minimum Gasteiger partial charge on any atom is -0.493 e. The summed E-state index contributed by atoms with van der Waals surface area (Å²) < 4.78 is 21.1. The maximum Gasteiger partial charge on any atom is 0.171 e. The molecule has 37 heavy (non-hydrogen) atoms. The van der Waals surface area contributed by atoms with Crippen molar-refractivity contribution in [1.29, 1.82) is 5.26 Å². The Bertz CT molecular complexity index is 1400. The Morgan fingerprint density at radius 1 is 1.24 bits per heavy atom. The number of anilines is 1. The van der Waals surface area contributed by atoms with Gasteiger partial charge in [-0.1, -0.05) is 17.3 Å². The van der Waals surface area contributed by atoms with E-state index >= 15 is 0 Å². The van der Waals surface area contributed by atoms with Crippen LogP contribution in [-0.4, -0.2) is 57.9 Å². The number of methoxy groups -OCH3 is 1. The molecular weight excluding hydrogens is 493 g/mol. The number of piperidine rings is 1. The molecule has 2 aliphatic carbocycles. The smallest absolute Gasteiger partial charge is 0.171 e. The summed E-state index contributed by atoms with van der Waals surface area (Å²) in [6.45, 7) is 3.41. The van der Waals surface area contributed by atoms with Crippen molar-refractivity contribution in [1.82, 2.24) is 24.6 Å². The predicted octanol–water partition coefficient (Wildman–Crippen LogP) is 4.38. The van der Waals surface area contributed by atoms with Crippen LogP contribution in [-0.2, 0) is 6.54 Å². The van der Waals surface area contributed by atoms with Gasteiger partial charge in [0.15, 0.2) is 17.4 Å². The van der Waals surface area contributed by atoms with Crippen LogP contribution in [0.4, 0.5) is 10.2 Å². The molecule has 1 saturated carbocycles. The number of fused-ring (bicyclic) bond motifs is 2. The maximum absolute atomic E-state index is 13.6. The number of nitrogens with zero attached hydrogens (tertiary/aromatic N) is 7. The van der Waals surface area contributed by atoms with Crippen molar-refractivity contribution >= 4 is 23.1 Å². The van der Waals surface area contributed by atoms with Gasteiger partial charge in [-0.25, -0.2) is 9.37 Å². The second-order valence-corrected chi connectivity index (χ2v) is 10.6. The van der Waals surface area contributed by atoms with E-state index in [1.807, 2.05) is 18.2 Å². The molecule has 4 heterocycles. The van der Waals surface area contributed by atoms with Gasteiger partial charge in [0.1, 0.15) is 11.6 Å². The molecular formula is C27H27ClFN7O. The molecule has 2 aliphatic heterocycles. The Hall–Kier alpha value is -3.44. The largest absolute Gasteiger partial charge is 0.493 e. The van der Waals surface area contributed by atoms with Gasteiger partial charge in [0, 0.05) is 48.8 Å². The molecule has 8 nitrogen and oxygen atoms in total. The molecule has 2 fully saturated rings. The zero-order valence-corrected chi connectivity index (χ0v) is 21.4. The molecule has 0 atom stereocenters. The van der Waals surface area contributed by atoms with Crippen molar-refractivity contribution in [3.05, 3.63) is 64.3 Å². The van der Waals surface area contributed by atoms with Crippen LogP contribution in [0.15, 0.2) is 46.8 Å². The first-order chi connectivity index (χ1) is 18.0. The number of ether oxygens (including phenoxy) is 1. The van der Waals surface area contributed by atoms with Crippen LogP contribution < -0.4 is 9.64 Å². The van der Waals surface area contributed by atoms with E-state index in [4.69, 9.17) is 16.3 Å². The molecule has 190 valence electrons. The zero-order chi connectivity index (χ0) is 25.6. The van der Waals surface area contributed by atoms with Crippen LogP contribution in [0.5, 0.6) is 5.75 Å². The Morgan fingerprint density at radius 3 is 2.78 bits per heavy atom. The number of rotatable bonds is 5. The molecule has 10 heteroatoms. The van der Waals surface area contributed by atoms with Gasteiger partial charge < -0.3 is 9.64 Å². The highest BCUT2D eigenvalue weighted by Crippen LogP contribution is 2.46. The summed E-state index contributed by atoms with van der Waals surface area (Å²) in [5.41, 5.74) is 5.14. The lowest BCUT2D eigenvalue weighted by atomic mass is 9.95. The minimum absolute atomic E-state index is 0.184. The molecule has 0 aromatic carbocycles. The highest BCUT2D eigenvalue weighted by atomic mass is 35.5. The van der Waals surface area contributed by atoms with Crippen molar-refractivity contribution in [2.45, 2.75) is 38.1 Å². The lowest BCUT2D eigenvalue weighted by Gasteiger charge is -2.33. The molecule has 0 N–H and O–H groups in total. The lowest BCUT2D eigenvalue weighted by Crippen LogP contribution is -2.35. The van der Waals surface area contributed by atoms with Crippen molar-refractivity contribution < 1.29 is 9.13 Å². The molecule has 4 aliphatic rings. The van der Waals surface area contributed by atoms with Crippen LogP contribution >= 0.6 is 11.6 Å². The molecule has 6 rings (SSSR count). The number of allylic oxidation sites excluding steroid dienone is 3. The van der Waals surface area contributed by atoms with E-state index in [1.54, 1.807) is 0 Å². The van der Waals surface area contributed by atoms with Crippen LogP contribution in [0.25, 0.3) is 5.70 Å². The van der Waals surface area contributed by atoms with E-state index in [2.05, 4.69) is 41.3 Å². The highest BCUT2D eigenvalue weighted by molar-refractivity contribution is 6.31. The summed E-state index contributed by atoms with van der Waals surface area (Å²) in [5, 5.41) is 19.6. The summed E-state index contributed by atoms with van der Waals surface area (Å²) in [6, 6.07) is 3.88. The monoisotopic (exact) mass is 519 g/mol. The molecule has 1 saturated heterocycles. The maximum atomic E-state index is 13.6. The Kier molecular flexibility index (Phi) is 6.12. The molecule has 0 amide bonds. The molecule has 2 aromatic rings. The van der Waals surface area contributed by atoms with Crippen LogP contribution in [0, 0.1) is 22.6 Å². The number of halogens is 2. The average molecular weight is 520 g/mol. The summed E-state index contributed by atoms with van der Waals surface area (Å²) >= 11 is 6.46. The van der Waals surface area contributed by atoms with Crippen molar-refractivity contribution in [2.24, 2.45) is 5.41 Å². The molecule has 2 aromatic heterocycles. The first kappa shape index (κ1) is 23.9. The van der Waals surface area contributed by atoms with E-state index in [-0.39, 0.29) is 11.3 Å². The third-order valence-corrected chi connectivity index (χ3v) is 7.79. The summed E-state index contributed by atoms with van der Waals surface area (Å²) in [6.07, 6.45) is 10.6. The predicted molar refractivity (Wildman–Crippen MR) is 137 cm³/mol. The number of pyridine rings is 1. The van der Waals surface area contributed by atoms with Crippen LogP contribution in [0.2, 0.25) is 0 Å². The van der Waals surface area contributed by atoms with Gasteiger partial charge in [-0.05, 0) is 43.9 Å². The normalized spacial score (nSPS) is 21.0. The summed E-state index contributed by atoms with van der Waals surface area (Å²) in [7, 11) is 1.53. The SMILES string of the molecule is COc1cc(F)cnc1N1CCC(c2nnc3n2C2=C=C(C=C(Cl)C=C2)CN(CC2(C#N)CC2)C3)CC1. The molecule has 2 bridgehead atoms. The molecule has 0 spiro atoms. The standard InChI is InChI=1S/C27H27ClFN7O/c1-37-23-12-21(29)13-31-26(23)35-8-4-19(5-9-35)25-33-32-24-15-34(17-27(16-30)6-7-27)14-18-10-20(28)2-3-22(11-18)36(24)25/h2-3,10,12-13,19H,4-9,14-15,17H2,1H3. The van der Waals surface area contributed by atoms with Crippen LogP contribution in [0.3, 0.4) is 0 Å². The molecule has 0 radical (unpaired) electrons. The van der Waals surface area contributed by atoms with Gasteiger partial charge in [-0.3, -0.25) is 9.47 Å². The fourth-order valence-electron chi connectivity index (χ4n) is 5.43. The fourth-order valence-corrected chi connectivity index (χ4v) is 5.63. The minimum atomic E-state index is -0.416. The number of hydrogen-bond donors (Lipinski definition) is 0. The highest BCUT2D eigenvalue weighted by Gasteiger charge is 2.45. The number of aromatic nitrogens is 4. The fraction of sp³-hybridized carbons (Fsp3) is 0.444. The van der Waals surface area contributed by atoms with E-state index in [0.717, 1.165) is 61.7 Å². The van der Waals surface area contributed by atoms with Crippen LogP contribution in [0.1, 0.15) is 43.3 Å². The summed E-state index contributed by atoms with van der Waals surface area (Å²) in [4.78, 5) is 8.68. The average Bonchev–Trinajstić information content (AvgIpc) is 3.60. The first-order valence-corrected chi connectivity index (χ1v) is 12.9. The van der Waals surface area contributed by atoms with Gasteiger partial charge in [0.2, 0.25) is 0 Å². The number of nitriles is 1. The van der Waals surface area contributed by atoms with E-state index in [0.29, 0.717) is 36.2 Å². The van der Waals surface area contributed by atoms with Gasteiger partial charge in [-0.2, -0.15) is 5.26 Å². The second-order valence-electron chi connectivity index (χ2n) is 10.2. The van der Waals surface area contributed by atoms with E-state index in [9.17, 15) is 9.65 Å². The molecule has 0 unspecified atom stereocenters. The van der Waals surface area contributed by atoms with Gasteiger partial charge >= 0.3 is 0 Å². The zero-order valence-electron chi connectivity index (χ0n) is 20.6. The van der Waals surface area contributed by atoms with Crippen molar-refractivity contribution in [3.63, 3.8) is 0 Å².